The van der Waals surface area contributed by atoms with E-state index in [0.717, 1.165) is 17.7 Å². The summed E-state index contributed by atoms with van der Waals surface area (Å²) in [5, 5.41) is 20.2. The SMILES string of the molecule is CCCC(O)C(O)CC(C)c1cc(C(C)(C)C)ccc1OCC. The summed E-state index contributed by atoms with van der Waals surface area (Å²) in [6, 6.07) is 6.34. The number of hydrogen-bond donors (Lipinski definition) is 2. The van der Waals surface area contributed by atoms with Crippen LogP contribution >= 0.6 is 0 Å². The maximum atomic E-state index is 10.2. The van der Waals surface area contributed by atoms with Gasteiger partial charge in [0.05, 0.1) is 18.8 Å². The molecule has 0 heterocycles. The van der Waals surface area contributed by atoms with Crippen molar-refractivity contribution >= 4 is 0 Å². The minimum atomic E-state index is -0.697. The van der Waals surface area contributed by atoms with Gasteiger partial charge in [0.15, 0.2) is 0 Å². The fourth-order valence-corrected chi connectivity index (χ4v) is 2.82. The van der Waals surface area contributed by atoms with E-state index in [9.17, 15) is 10.2 Å². The Morgan fingerprint density at radius 3 is 2.26 bits per heavy atom. The molecule has 0 aliphatic rings. The third-order valence-corrected chi connectivity index (χ3v) is 4.33. The van der Waals surface area contributed by atoms with Gasteiger partial charge < -0.3 is 14.9 Å². The highest BCUT2D eigenvalue weighted by atomic mass is 16.5. The highest BCUT2D eigenvalue weighted by molar-refractivity contribution is 5.41. The summed E-state index contributed by atoms with van der Waals surface area (Å²) in [7, 11) is 0. The zero-order valence-corrected chi connectivity index (χ0v) is 15.6. The van der Waals surface area contributed by atoms with Gasteiger partial charge in [-0.25, -0.2) is 0 Å². The topological polar surface area (TPSA) is 49.7 Å². The summed E-state index contributed by atoms with van der Waals surface area (Å²) < 4.78 is 5.77. The molecule has 0 radical (unpaired) electrons. The van der Waals surface area contributed by atoms with Crippen LogP contribution in [-0.2, 0) is 5.41 Å². The first-order valence-electron chi connectivity index (χ1n) is 8.84. The van der Waals surface area contributed by atoms with E-state index in [-0.39, 0.29) is 11.3 Å². The van der Waals surface area contributed by atoms with Gasteiger partial charge >= 0.3 is 0 Å². The van der Waals surface area contributed by atoms with Crippen molar-refractivity contribution in [2.24, 2.45) is 0 Å². The molecule has 0 amide bonds. The number of ether oxygens (including phenoxy) is 1. The second-order valence-electron chi connectivity index (χ2n) is 7.50. The molecule has 1 rings (SSSR count). The number of aliphatic hydroxyl groups is 2. The molecule has 1 aromatic carbocycles. The minimum Gasteiger partial charge on any atom is -0.494 e. The fraction of sp³-hybridized carbons (Fsp3) is 0.700. The molecule has 3 heteroatoms. The molecular weight excluding hydrogens is 288 g/mol. The van der Waals surface area contributed by atoms with Crippen molar-refractivity contribution in [3.05, 3.63) is 29.3 Å². The lowest BCUT2D eigenvalue weighted by molar-refractivity contribution is 0.00626. The first-order valence-corrected chi connectivity index (χ1v) is 8.84. The summed E-state index contributed by atoms with van der Waals surface area (Å²) in [5.41, 5.74) is 2.44. The van der Waals surface area contributed by atoms with Gasteiger partial charge in [-0.15, -0.1) is 0 Å². The van der Waals surface area contributed by atoms with Crippen LogP contribution in [0.2, 0.25) is 0 Å². The second kappa shape index (κ2) is 8.70. The molecule has 0 spiro atoms. The first-order chi connectivity index (χ1) is 10.7. The first kappa shape index (κ1) is 20.0. The van der Waals surface area contributed by atoms with Crippen LogP contribution in [0.5, 0.6) is 5.75 Å². The van der Waals surface area contributed by atoms with Gasteiger partial charge in [-0.2, -0.15) is 0 Å². The van der Waals surface area contributed by atoms with Gasteiger partial charge in [-0.1, -0.05) is 53.2 Å². The molecule has 0 aromatic heterocycles. The zero-order chi connectivity index (χ0) is 17.6. The fourth-order valence-electron chi connectivity index (χ4n) is 2.82. The number of benzene rings is 1. The smallest absolute Gasteiger partial charge is 0.122 e. The van der Waals surface area contributed by atoms with Gasteiger partial charge in [-0.3, -0.25) is 0 Å². The molecule has 132 valence electrons. The quantitative estimate of drug-likeness (QED) is 0.746. The molecular formula is C20H34O3. The van der Waals surface area contributed by atoms with Crippen LogP contribution in [0.15, 0.2) is 18.2 Å². The largest absolute Gasteiger partial charge is 0.494 e. The van der Waals surface area contributed by atoms with Crippen LogP contribution < -0.4 is 4.74 Å². The predicted octanol–water partition coefficient (Wildman–Crippen LogP) is 4.40. The Balaban J connectivity index is 3.02. The Kier molecular flexibility index (Phi) is 7.56. The van der Waals surface area contributed by atoms with Crippen LogP contribution in [0.1, 0.15) is 77.8 Å². The molecule has 0 saturated carbocycles. The Hall–Kier alpha value is -1.06. The van der Waals surface area contributed by atoms with Crippen molar-refractivity contribution < 1.29 is 14.9 Å². The average molecular weight is 322 g/mol. The Bertz CT molecular complexity index is 476. The van der Waals surface area contributed by atoms with Crippen molar-refractivity contribution in [2.45, 2.75) is 84.3 Å². The molecule has 2 N–H and O–H groups in total. The molecule has 0 fully saturated rings. The standard InChI is InChI=1S/C20H34O3/c1-7-9-17(21)18(22)12-14(3)16-13-15(20(4,5)6)10-11-19(16)23-8-2/h10-11,13-14,17-18,21-22H,7-9,12H2,1-6H3. The van der Waals surface area contributed by atoms with E-state index < -0.39 is 12.2 Å². The van der Waals surface area contributed by atoms with Crippen LogP contribution in [0, 0.1) is 0 Å². The Morgan fingerprint density at radius 1 is 1.09 bits per heavy atom. The normalized spacial score (nSPS) is 16.0. The Morgan fingerprint density at radius 2 is 1.74 bits per heavy atom. The second-order valence-corrected chi connectivity index (χ2v) is 7.50. The van der Waals surface area contributed by atoms with Gasteiger partial charge in [0.1, 0.15) is 5.75 Å². The van der Waals surface area contributed by atoms with Gasteiger partial charge in [0.25, 0.3) is 0 Å². The molecule has 0 aliphatic carbocycles. The van der Waals surface area contributed by atoms with E-state index in [4.69, 9.17) is 4.74 Å². The van der Waals surface area contributed by atoms with Gasteiger partial charge in [-0.05, 0) is 48.3 Å². The van der Waals surface area contributed by atoms with E-state index in [0.29, 0.717) is 19.4 Å². The number of rotatable bonds is 8. The molecule has 3 nitrogen and oxygen atoms in total. The van der Waals surface area contributed by atoms with E-state index in [1.807, 2.05) is 19.9 Å². The maximum absolute atomic E-state index is 10.2. The summed E-state index contributed by atoms with van der Waals surface area (Å²) in [6.45, 7) is 13.3. The lowest BCUT2D eigenvalue weighted by Crippen LogP contribution is -2.27. The van der Waals surface area contributed by atoms with Crippen molar-refractivity contribution in [1.29, 1.82) is 0 Å². The summed E-state index contributed by atoms with van der Waals surface area (Å²) in [4.78, 5) is 0. The summed E-state index contributed by atoms with van der Waals surface area (Å²) in [6.07, 6.45) is 0.695. The molecule has 0 bridgehead atoms. The van der Waals surface area contributed by atoms with Crippen molar-refractivity contribution in [3.63, 3.8) is 0 Å². The zero-order valence-electron chi connectivity index (χ0n) is 15.6. The van der Waals surface area contributed by atoms with E-state index in [2.05, 4.69) is 39.8 Å². The lowest BCUT2D eigenvalue weighted by atomic mass is 9.83. The van der Waals surface area contributed by atoms with Crippen molar-refractivity contribution in [1.82, 2.24) is 0 Å². The summed E-state index contributed by atoms with van der Waals surface area (Å²) in [5.74, 6) is 1.01. The van der Waals surface area contributed by atoms with Gasteiger partial charge in [0, 0.05) is 0 Å². The maximum Gasteiger partial charge on any atom is 0.122 e. The predicted molar refractivity (Wildman–Crippen MR) is 96.3 cm³/mol. The Labute approximate surface area is 141 Å². The molecule has 0 saturated heterocycles. The third-order valence-electron chi connectivity index (χ3n) is 4.33. The summed E-state index contributed by atoms with van der Waals surface area (Å²) >= 11 is 0. The van der Waals surface area contributed by atoms with E-state index in [1.165, 1.54) is 5.56 Å². The monoisotopic (exact) mass is 322 g/mol. The molecule has 1 aromatic rings. The van der Waals surface area contributed by atoms with Crippen molar-refractivity contribution in [3.8, 4) is 5.75 Å². The van der Waals surface area contributed by atoms with Crippen LogP contribution in [-0.4, -0.2) is 29.0 Å². The number of hydrogen-bond acceptors (Lipinski definition) is 3. The molecule has 23 heavy (non-hydrogen) atoms. The van der Waals surface area contributed by atoms with Gasteiger partial charge in [0.2, 0.25) is 0 Å². The number of aliphatic hydroxyl groups excluding tert-OH is 2. The highest BCUT2D eigenvalue weighted by Gasteiger charge is 2.23. The lowest BCUT2D eigenvalue weighted by Gasteiger charge is -2.26. The van der Waals surface area contributed by atoms with Crippen LogP contribution in [0.25, 0.3) is 0 Å². The highest BCUT2D eigenvalue weighted by Crippen LogP contribution is 2.34. The van der Waals surface area contributed by atoms with E-state index in [1.54, 1.807) is 0 Å². The van der Waals surface area contributed by atoms with Crippen molar-refractivity contribution in [2.75, 3.05) is 6.61 Å². The molecule has 0 aliphatic heterocycles. The third kappa shape index (κ3) is 5.82. The van der Waals surface area contributed by atoms with Crippen LogP contribution in [0.3, 0.4) is 0 Å². The minimum absolute atomic E-state index is 0.0690. The molecule has 3 unspecified atom stereocenters. The average Bonchev–Trinajstić information content (AvgIpc) is 2.46. The van der Waals surface area contributed by atoms with Crippen LogP contribution in [0.4, 0.5) is 0 Å². The van der Waals surface area contributed by atoms with E-state index >= 15 is 0 Å². The molecule has 3 atom stereocenters.